The van der Waals surface area contributed by atoms with Gasteiger partial charge in [-0.25, -0.2) is 15.0 Å². The molecule has 32 heavy (non-hydrogen) atoms. The van der Waals surface area contributed by atoms with Crippen LogP contribution >= 0.6 is 23.1 Å². The van der Waals surface area contributed by atoms with Crippen molar-refractivity contribution in [3.05, 3.63) is 65.0 Å². The monoisotopic (exact) mass is 463 g/mol. The average molecular weight is 464 g/mol. The van der Waals surface area contributed by atoms with Crippen LogP contribution in [0.2, 0.25) is 0 Å². The zero-order valence-electron chi connectivity index (χ0n) is 17.8. The van der Waals surface area contributed by atoms with Crippen molar-refractivity contribution < 1.29 is 9.53 Å². The van der Waals surface area contributed by atoms with Crippen molar-refractivity contribution in [2.45, 2.75) is 30.2 Å². The van der Waals surface area contributed by atoms with Crippen LogP contribution in [0.15, 0.2) is 68.7 Å². The van der Waals surface area contributed by atoms with Crippen LogP contribution in [-0.2, 0) is 4.79 Å². The van der Waals surface area contributed by atoms with Gasteiger partial charge in [0.1, 0.15) is 5.03 Å². The number of benzene rings is 1. The molecule has 1 N–H and O–H groups in total. The maximum absolute atomic E-state index is 12.5. The van der Waals surface area contributed by atoms with Crippen molar-refractivity contribution in [1.82, 2.24) is 15.0 Å². The fourth-order valence-electron chi connectivity index (χ4n) is 3.25. The number of carbonyl (C=O) groups is 1. The van der Waals surface area contributed by atoms with Gasteiger partial charge in [0, 0.05) is 33.8 Å². The zero-order chi connectivity index (χ0) is 22.5. The number of hydrogen-bond donors (Lipinski definition) is 1. The number of rotatable bonds is 6. The van der Waals surface area contributed by atoms with Gasteiger partial charge in [0.15, 0.2) is 5.13 Å². The number of carbonyl (C=O) groups excluding carboxylic acids is 1. The van der Waals surface area contributed by atoms with Gasteiger partial charge in [-0.1, -0.05) is 17.8 Å². The summed E-state index contributed by atoms with van der Waals surface area (Å²) in [7, 11) is 1.57. The minimum absolute atomic E-state index is 0.162. The van der Waals surface area contributed by atoms with E-state index in [-0.39, 0.29) is 5.91 Å². The molecule has 3 heterocycles. The molecule has 0 saturated heterocycles. The molecule has 1 aliphatic rings. The molecular weight excluding hydrogens is 442 g/mol. The van der Waals surface area contributed by atoms with E-state index in [0.29, 0.717) is 23.0 Å². The Bertz CT molecular complexity index is 1210. The fourth-order valence-corrected chi connectivity index (χ4v) is 4.87. The third-order valence-electron chi connectivity index (χ3n) is 4.71. The number of amides is 1. The summed E-state index contributed by atoms with van der Waals surface area (Å²) in [5, 5.41) is 6.23. The summed E-state index contributed by atoms with van der Waals surface area (Å²) in [5.74, 6) is 0.327. The van der Waals surface area contributed by atoms with Crippen molar-refractivity contribution in [3.8, 4) is 17.1 Å². The Morgan fingerprint density at radius 2 is 2.00 bits per heavy atom. The zero-order valence-corrected chi connectivity index (χ0v) is 19.5. The number of allylic oxidation sites excluding steroid dienone is 2. The Labute approximate surface area is 194 Å². The molecule has 7 nitrogen and oxygen atoms in total. The van der Waals surface area contributed by atoms with Gasteiger partial charge in [0.2, 0.25) is 5.88 Å². The van der Waals surface area contributed by atoms with Gasteiger partial charge < -0.3 is 4.74 Å². The smallest absolute Gasteiger partial charge is 0.253 e. The summed E-state index contributed by atoms with van der Waals surface area (Å²) in [6.07, 6.45) is 10.7. The van der Waals surface area contributed by atoms with Gasteiger partial charge in [-0.3, -0.25) is 15.1 Å². The second-order valence-corrected chi connectivity index (χ2v) is 8.95. The van der Waals surface area contributed by atoms with E-state index in [2.05, 4.69) is 51.2 Å². The van der Waals surface area contributed by atoms with E-state index in [1.807, 2.05) is 11.5 Å². The molecule has 3 aromatic rings. The quantitative estimate of drug-likeness (QED) is 0.538. The van der Waals surface area contributed by atoms with Crippen LogP contribution in [0.5, 0.6) is 5.88 Å². The van der Waals surface area contributed by atoms with Crippen molar-refractivity contribution in [2.24, 2.45) is 4.99 Å². The summed E-state index contributed by atoms with van der Waals surface area (Å²) < 4.78 is 5.06. The van der Waals surface area contributed by atoms with Crippen molar-refractivity contribution in [2.75, 3.05) is 12.4 Å². The van der Waals surface area contributed by atoms with E-state index in [1.165, 1.54) is 11.3 Å². The molecule has 0 radical (unpaired) electrons. The normalized spacial score (nSPS) is 12.9. The Hall–Kier alpha value is -3.30. The number of anilines is 1. The number of hydrogen-bond acceptors (Lipinski definition) is 8. The van der Waals surface area contributed by atoms with E-state index in [9.17, 15) is 4.79 Å². The molecule has 0 saturated carbocycles. The molecule has 0 aliphatic carbocycles. The maximum atomic E-state index is 12.5. The molecule has 0 bridgehead atoms. The predicted molar refractivity (Wildman–Crippen MR) is 129 cm³/mol. The topological polar surface area (TPSA) is 89.4 Å². The highest BCUT2D eigenvalue weighted by Crippen LogP contribution is 2.35. The molecule has 0 spiro atoms. The van der Waals surface area contributed by atoms with E-state index in [4.69, 9.17) is 4.74 Å². The first-order valence-corrected chi connectivity index (χ1v) is 11.5. The van der Waals surface area contributed by atoms with E-state index in [1.54, 1.807) is 49.8 Å². The second-order valence-electron chi connectivity index (χ2n) is 7.00. The number of nitrogens with one attached hydrogen (secondary N) is 1. The third kappa shape index (κ3) is 5.12. The SMILES string of the molecule is COc1cnc(Sc2cc(C)c(-c3csc(NC(=O)C4=CC=NC=CC4)n3)c(C)c2)cn1. The standard InChI is InChI=1S/C23H21N5O2S2/c1-14-9-17(32-20-12-25-19(30-3)11-26-20)10-15(2)21(14)18-13-31-23(27-18)28-22(29)16-5-4-7-24-8-6-16/h4,6-13H,5H2,1-3H3,(H,27,28,29). The lowest BCUT2D eigenvalue weighted by atomic mass is 10.0. The van der Waals surface area contributed by atoms with Crippen LogP contribution in [0, 0.1) is 13.8 Å². The summed E-state index contributed by atoms with van der Waals surface area (Å²) in [6.45, 7) is 4.12. The van der Waals surface area contributed by atoms with Crippen molar-refractivity contribution in [1.29, 1.82) is 0 Å². The van der Waals surface area contributed by atoms with E-state index < -0.39 is 0 Å². The largest absolute Gasteiger partial charge is 0.480 e. The predicted octanol–water partition coefficient (Wildman–Crippen LogP) is 5.23. The molecule has 4 rings (SSSR count). The minimum Gasteiger partial charge on any atom is -0.480 e. The van der Waals surface area contributed by atoms with Crippen LogP contribution < -0.4 is 10.1 Å². The van der Waals surface area contributed by atoms with E-state index >= 15 is 0 Å². The molecule has 0 fully saturated rings. The van der Waals surface area contributed by atoms with Gasteiger partial charge in [0.05, 0.1) is 25.2 Å². The fraction of sp³-hybridized carbons (Fsp3) is 0.174. The summed E-state index contributed by atoms with van der Waals surface area (Å²) >= 11 is 2.96. The molecular formula is C23H21N5O2S2. The highest BCUT2D eigenvalue weighted by molar-refractivity contribution is 7.99. The van der Waals surface area contributed by atoms with Crippen molar-refractivity contribution in [3.63, 3.8) is 0 Å². The third-order valence-corrected chi connectivity index (χ3v) is 6.35. The molecule has 9 heteroatoms. The lowest BCUT2D eigenvalue weighted by molar-refractivity contribution is -0.112. The lowest BCUT2D eigenvalue weighted by Gasteiger charge is -2.11. The molecule has 1 aromatic carbocycles. The molecule has 0 unspecified atom stereocenters. The Morgan fingerprint density at radius 1 is 1.19 bits per heavy atom. The molecule has 0 atom stereocenters. The Balaban J connectivity index is 1.50. The first kappa shape index (κ1) is 21.9. The van der Waals surface area contributed by atoms with Crippen LogP contribution in [0.25, 0.3) is 11.3 Å². The summed E-state index contributed by atoms with van der Waals surface area (Å²) in [6, 6.07) is 4.22. The van der Waals surface area contributed by atoms with Crippen molar-refractivity contribution >= 4 is 40.4 Å². The molecule has 2 aromatic heterocycles. The first-order valence-electron chi connectivity index (χ1n) is 9.83. The highest BCUT2D eigenvalue weighted by Gasteiger charge is 2.15. The van der Waals surface area contributed by atoms with Crippen LogP contribution in [0.4, 0.5) is 5.13 Å². The number of methoxy groups -OCH3 is 1. The molecule has 162 valence electrons. The summed E-state index contributed by atoms with van der Waals surface area (Å²) in [4.78, 5) is 30.9. The van der Waals surface area contributed by atoms with Gasteiger partial charge >= 0.3 is 0 Å². The Morgan fingerprint density at radius 3 is 2.72 bits per heavy atom. The summed E-state index contributed by atoms with van der Waals surface area (Å²) in [5.41, 5.74) is 4.76. The highest BCUT2D eigenvalue weighted by atomic mass is 32.2. The number of nitrogens with zero attached hydrogens (tertiary/aromatic N) is 4. The number of thiazole rings is 1. The van der Waals surface area contributed by atoms with Gasteiger partial charge in [-0.05, 0) is 49.6 Å². The number of aliphatic imine (C=N–C) groups is 1. The van der Waals surface area contributed by atoms with Gasteiger partial charge in [-0.2, -0.15) is 0 Å². The molecule has 1 aliphatic heterocycles. The lowest BCUT2D eigenvalue weighted by Crippen LogP contribution is -2.14. The Kier molecular flexibility index (Phi) is 6.77. The van der Waals surface area contributed by atoms with Crippen LogP contribution in [0.1, 0.15) is 17.5 Å². The van der Waals surface area contributed by atoms with Crippen LogP contribution in [-0.4, -0.2) is 34.2 Å². The number of ether oxygens (including phenoxy) is 1. The molecule has 1 amide bonds. The van der Waals surface area contributed by atoms with Gasteiger partial charge in [-0.15, -0.1) is 11.3 Å². The number of aromatic nitrogens is 3. The average Bonchev–Trinajstić information content (AvgIpc) is 3.05. The second kappa shape index (κ2) is 9.88. The first-order chi connectivity index (χ1) is 15.5. The minimum atomic E-state index is -0.162. The van der Waals surface area contributed by atoms with Crippen LogP contribution in [0.3, 0.4) is 0 Å². The maximum Gasteiger partial charge on any atom is 0.253 e. The van der Waals surface area contributed by atoms with E-state index in [0.717, 1.165) is 32.3 Å². The van der Waals surface area contributed by atoms with Gasteiger partial charge in [0.25, 0.3) is 5.91 Å². The number of aryl methyl sites for hydroxylation is 2.